The van der Waals surface area contributed by atoms with Gasteiger partial charge in [-0.1, -0.05) is 32.9 Å². The van der Waals surface area contributed by atoms with Gasteiger partial charge in [0.15, 0.2) is 11.5 Å². The summed E-state index contributed by atoms with van der Waals surface area (Å²) in [6.07, 6.45) is 1.56. The van der Waals surface area contributed by atoms with Gasteiger partial charge in [0, 0.05) is 30.2 Å². The molecule has 3 aromatic rings. The SMILES string of the molecule is CC/C=N\NCNC(=O)COCC(=O)OC(CN(CC(C)C)S(=O)(=O)c1ccc2c(c1)OCO2)[C@@H](N)Cc1ccc(OCc2csc(C)n2)cc1. The second kappa shape index (κ2) is 19.4. The van der Waals surface area contributed by atoms with E-state index in [1.54, 1.807) is 23.6 Å². The molecule has 0 radical (unpaired) electrons. The van der Waals surface area contributed by atoms with E-state index in [0.29, 0.717) is 23.9 Å². The predicted octanol–water partition coefficient (Wildman–Crippen LogP) is 2.96. The van der Waals surface area contributed by atoms with Crippen LogP contribution < -0.4 is 30.7 Å². The lowest BCUT2D eigenvalue weighted by molar-refractivity contribution is -0.156. The molecule has 2 heterocycles. The van der Waals surface area contributed by atoms with Crippen molar-refractivity contribution in [3.8, 4) is 17.2 Å². The Labute approximate surface area is 302 Å². The van der Waals surface area contributed by atoms with Gasteiger partial charge in [-0.2, -0.15) is 9.41 Å². The van der Waals surface area contributed by atoms with E-state index in [0.717, 1.165) is 22.7 Å². The number of sulfonamides is 1. The van der Waals surface area contributed by atoms with Gasteiger partial charge in [0.05, 0.1) is 22.1 Å². The molecule has 15 nitrogen and oxygen atoms in total. The van der Waals surface area contributed by atoms with E-state index in [2.05, 4.69) is 20.8 Å². The molecule has 1 aliphatic rings. The maximum atomic E-state index is 14.0. The zero-order chi connectivity index (χ0) is 36.8. The molecular weight excluding hydrogens is 701 g/mol. The summed E-state index contributed by atoms with van der Waals surface area (Å²) in [5, 5.41) is 9.34. The monoisotopic (exact) mass is 746 g/mol. The van der Waals surface area contributed by atoms with Crippen molar-refractivity contribution in [3.05, 3.63) is 64.1 Å². The molecule has 1 aromatic heterocycles. The van der Waals surface area contributed by atoms with Gasteiger partial charge in [0.2, 0.25) is 22.7 Å². The summed E-state index contributed by atoms with van der Waals surface area (Å²) in [6, 6.07) is 10.9. The first-order chi connectivity index (χ1) is 24.4. The van der Waals surface area contributed by atoms with Crippen LogP contribution >= 0.6 is 11.3 Å². The van der Waals surface area contributed by atoms with Crippen molar-refractivity contribution in [2.45, 2.75) is 64.2 Å². The molecule has 2 atom stereocenters. The second-order valence-corrected chi connectivity index (χ2v) is 15.1. The lowest BCUT2D eigenvalue weighted by Gasteiger charge is -2.31. The van der Waals surface area contributed by atoms with Crippen LogP contribution in [0.4, 0.5) is 0 Å². The molecular formula is C34H46N6O9S2. The summed E-state index contributed by atoms with van der Waals surface area (Å²) in [7, 11) is -4.10. The number of thiazole rings is 1. The molecule has 1 amide bonds. The molecule has 0 saturated carbocycles. The Balaban J connectivity index is 1.45. The molecule has 2 aromatic carbocycles. The lowest BCUT2D eigenvalue weighted by Crippen LogP contribution is -2.49. The van der Waals surface area contributed by atoms with Crippen molar-refractivity contribution in [2.75, 3.05) is 39.8 Å². The van der Waals surface area contributed by atoms with Crippen LogP contribution in [0.25, 0.3) is 0 Å². The number of aromatic nitrogens is 1. The minimum atomic E-state index is -4.10. The van der Waals surface area contributed by atoms with E-state index in [9.17, 15) is 18.0 Å². The third-order valence-corrected chi connectivity index (χ3v) is 9.98. The van der Waals surface area contributed by atoms with Crippen LogP contribution in [0, 0.1) is 12.8 Å². The normalized spacial score (nSPS) is 13.8. The minimum absolute atomic E-state index is 0.00123. The van der Waals surface area contributed by atoms with Crippen LogP contribution in [0.3, 0.4) is 0 Å². The van der Waals surface area contributed by atoms with E-state index in [1.165, 1.54) is 16.4 Å². The molecule has 1 unspecified atom stereocenters. The number of ether oxygens (including phenoxy) is 5. The largest absolute Gasteiger partial charge is 0.487 e. The van der Waals surface area contributed by atoms with Gasteiger partial charge in [0.1, 0.15) is 38.3 Å². The Morgan fingerprint density at radius 2 is 1.88 bits per heavy atom. The second-order valence-electron chi connectivity index (χ2n) is 12.1. The first kappa shape index (κ1) is 39.5. The Hall–Kier alpha value is -4.29. The third-order valence-electron chi connectivity index (χ3n) is 7.33. The van der Waals surface area contributed by atoms with Gasteiger partial charge >= 0.3 is 5.97 Å². The summed E-state index contributed by atoms with van der Waals surface area (Å²) in [5.41, 5.74) is 11.0. The highest BCUT2D eigenvalue weighted by molar-refractivity contribution is 7.89. The number of carbonyl (C=O) groups excluding carboxylic acids is 2. The highest BCUT2D eigenvalue weighted by Crippen LogP contribution is 2.35. The Morgan fingerprint density at radius 1 is 1.12 bits per heavy atom. The van der Waals surface area contributed by atoms with Crippen molar-refractivity contribution in [1.29, 1.82) is 0 Å². The molecule has 0 saturated heterocycles. The number of hydrogen-bond acceptors (Lipinski definition) is 14. The number of benzene rings is 2. The van der Waals surface area contributed by atoms with Gasteiger partial charge in [-0.15, -0.1) is 11.3 Å². The smallest absolute Gasteiger partial charge is 0.332 e. The van der Waals surface area contributed by atoms with E-state index in [4.69, 9.17) is 29.4 Å². The topological polar surface area (TPSA) is 193 Å². The number of esters is 1. The maximum Gasteiger partial charge on any atom is 0.332 e. The molecule has 278 valence electrons. The average molecular weight is 747 g/mol. The quantitative estimate of drug-likeness (QED) is 0.0476. The molecule has 0 bridgehead atoms. The number of aryl methyl sites for hydroxylation is 1. The standard InChI is InChI=1S/C34H46N6O9S2/c1-5-12-37-38-21-36-33(41)18-45-19-34(42)49-32(29(35)13-25-6-8-27(9-7-25)46-17-26-20-50-24(4)39-26)16-40(15-23(2)3)51(43,44)28-10-11-30-31(14-28)48-22-47-30/h6-12,14,20,23,29,32,38H,5,13,15-19,21-22,35H2,1-4H3,(H,36,41)/b37-12-/t29-,32?/m0/s1. The number of hydrogen-bond donors (Lipinski definition) is 3. The fourth-order valence-electron chi connectivity index (χ4n) is 4.90. The number of nitrogens with zero attached hydrogens (tertiary/aromatic N) is 3. The number of carbonyl (C=O) groups is 2. The molecule has 1 aliphatic heterocycles. The highest BCUT2D eigenvalue weighted by atomic mass is 32.2. The van der Waals surface area contributed by atoms with Gasteiger partial charge in [-0.05, 0) is 55.5 Å². The van der Waals surface area contributed by atoms with Gasteiger partial charge in [-0.25, -0.2) is 18.2 Å². The number of nitrogens with one attached hydrogen (secondary N) is 2. The number of fused-ring (bicyclic) bond motifs is 1. The van der Waals surface area contributed by atoms with Crippen LogP contribution in [0.2, 0.25) is 0 Å². The first-order valence-corrected chi connectivity index (χ1v) is 18.8. The molecule has 4 rings (SSSR count). The molecule has 51 heavy (non-hydrogen) atoms. The molecule has 0 fully saturated rings. The van der Waals surface area contributed by atoms with E-state index < -0.39 is 47.3 Å². The Morgan fingerprint density at radius 3 is 2.59 bits per heavy atom. The van der Waals surface area contributed by atoms with Crippen molar-refractivity contribution >= 4 is 39.5 Å². The number of nitrogens with two attached hydrogens (primary N) is 1. The maximum absolute atomic E-state index is 14.0. The fourth-order valence-corrected chi connectivity index (χ4v) is 7.13. The summed E-state index contributed by atoms with van der Waals surface area (Å²) in [5.74, 6) is 0.0562. The number of rotatable bonds is 21. The average Bonchev–Trinajstić information content (AvgIpc) is 3.75. The molecule has 17 heteroatoms. The van der Waals surface area contributed by atoms with E-state index in [-0.39, 0.29) is 43.8 Å². The first-order valence-electron chi connectivity index (χ1n) is 16.5. The number of amides is 1. The van der Waals surface area contributed by atoms with Crippen LogP contribution in [-0.2, 0) is 42.1 Å². The van der Waals surface area contributed by atoms with Crippen LogP contribution in [0.15, 0.2) is 57.8 Å². The van der Waals surface area contributed by atoms with Crippen LogP contribution in [0.5, 0.6) is 17.2 Å². The lowest BCUT2D eigenvalue weighted by atomic mass is 10.0. The van der Waals surface area contributed by atoms with Gasteiger partial charge < -0.3 is 34.7 Å². The van der Waals surface area contributed by atoms with Crippen molar-refractivity contribution in [1.82, 2.24) is 20.0 Å². The highest BCUT2D eigenvalue weighted by Gasteiger charge is 2.33. The Bertz CT molecular complexity index is 1720. The van der Waals surface area contributed by atoms with Crippen molar-refractivity contribution < 1.29 is 41.7 Å². The van der Waals surface area contributed by atoms with Crippen LogP contribution in [0.1, 0.15) is 43.5 Å². The Kier molecular flexibility index (Phi) is 15.0. The van der Waals surface area contributed by atoms with Gasteiger partial charge in [-0.3, -0.25) is 10.2 Å². The van der Waals surface area contributed by atoms with E-state index in [1.807, 2.05) is 57.3 Å². The third kappa shape index (κ3) is 12.5. The molecule has 4 N–H and O–H groups in total. The summed E-state index contributed by atoms with van der Waals surface area (Å²) < 4.78 is 57.0. The predicted molar refractivity (Wildman–Crippen MR) is 191 cm³/mol. The zero-order valence-corrected chi connectivity index (χ0v) is 30.8. The van der Waals surface area contributed by atoms with Crippen molar-refractivity contribution in [2.24, 2.45) is 16.8 Å². The van der Waals surface area contributed by atoms with Gasteiger partial charge in [0.25, 0.3) is 0 Å². The summed E-state index contributed by atoms with van der Waals surface area (Å²) >= 11 is 1.55. The van der Waals surface area contributed by atoms with E-state index >= 15 is 0 Å². The number of hydrazone groups is 1. The van der Waals surface area contributed by atoms with Crippen LogP contribution in [-0.4, -0.2) is 87.7 Å². The fraction of sp³-hybridized carbons (Fsp3) is 0.471. The zero-order valence-electron chi connectivity index (χ0n) is 29.2. The summed E-state index contributed by atoms with van der Waals surface area (Å²) in [4.78, 5) is 29.5. The van der Waals surface area contributed by atoms with Crippen molar-refractivity contribution in [3.63, 3.8) is 0 Å². The minimum Gasteiger partial charge on any atom is -0.487 e. The summed E-state index contributed by atoms with van der Waals surface area (Å²) in [6.45, 7) is 6.96. The molecule has 0 spiro atoms. The molecule has 0 aliphatic carbocycles.